The molecule has 0 saturated heterocycles. The fraction of sp³-hybridized carbons (Fsp3) is 0.167. The van der Waals surface area contributed by atoms with Crippen molar-refractivity contribution in [3.63, 3.8) is 0 Å². The van der Waals surface area contributed by atoms with E-state index in [4.69, 9.17) is 9.56 Å². The summed E-state index contributed by atoms with van der Waals surface area (Å²) in [7, 11) is -3.77. The molecule has 0 fully saturated rings. The van der Waals surface area contributed by atoms with E-state index in [1.54, 1.807) is 6.07 Å². The normalized spacial score (nSPS) is 11.5. The van der Waals surface area contributed by atoms with E-state index in [-0.39, 0.29) is 5.09 Å². The van der Waals surface area contributed by atoms with Gasteiger partial charge in [0.2, 0.25) is 5.09 Å². The summed E-state index contributed by atoms with van der Waals surface area (Å²) >= 11 is 2.26. The predicted octanol–water partition coefficient (Wildman–Crippen LogP) is 2.45. The van der Waals surface area contributed by atoms with Crippen molar-refractivity contribution in [2.24, 2.45) is 5.14 Å². The Hall–Kier alpha value is -1.06. The Morgan fingerprint density at radius 2 is 2.05 bits per heavy atom. The van der Waals surface area contributed by atoms with Crippen molar-refractivity contribution in [3.8, 4) is 0 Å². The second-order valence-corrected chi connectivity index (χ2v) is 6.74. The quantitative estimate of drug-likeness (QED) is 0.783. The number of nitrogens with two attached hydrogens (primary N) is 1. The molecule has 0 bridgehead atoms. The third-order valence-corrected chi connectivity index (χ3v) is 4.50. The SMILES string of the molecule is Cc1ccc(NCc2ccc(S(N)(=O)=O)o2)cc1I. The topological polar surface area (TPSA) is 85.3 Å². The molecule has 102 valence electrons. The third-order valence-electron chi connectivity index (χ3n) is 2.56. The minimum atomic E-state index is -3.77. The van der Waals surface area contributed by atoms with Gasteiger partial charge in [-0.15, -0.1) is 0 Å². The molecule has 0 saturated carbocycles. The molecular weight excluding hydrogens is 379 g/mol. The summed E-state index contributed by atoms with van der Waals surface area (Å²) in [5.41, 5.74) is 2.16. The number of aryl methyl sites for hydroxylation is 1. The first-order chi connectivity index (χ1) is 8.86. The number of anilines is 1. The number of primary sulfonamides is 1. The van der Waals surface area contributed by atoms with Crippen LogP contribution in [0.25, 0.3) is 0 Å². The van der Waals surface area contributed by atoms with Crippen LogP contribution in [0.2, 0.25) is 0 Å². The van der Waals surface area contributed by atoms with Crippen LogP contribution in [0, 0.1) is 10.5 Å². The van der Waals surface area contributed by atoms with Crippen LogP contribution >= 0.6 is 22.6 Å². The number of rotatable bonds is 4. The Bertz CT molecular complexity index is 695. The molecule has 3 N–H and O–H groups in total. The Kier molecular flexibility index (Phi) is 4.16. The van der Waals surface area contributed by atoms with E-state index in [0.29, 0.717) is 12.3 Å². The molecule has 2 rings (SSSR count). The van der Waals surface area contributed by atoms with Gasteiger partial charge in [0, 0.05) is 9.26 Å². The highest BCUT2D eigenvalue weighted by atomic mass is 127. The minimum Gasteiger partial charge on any atom is -0.446 e. The van der Waals surface area contributed by atoms with Gasteiger partial charge in [-0.2, -0.15) is 0 Å². The van der Waals surface area contributed by atoms with E-state index < -0.39 is 10.0 Å². The Balaban J connectivity index is 2.06. The Morgan fingerprint density at radius 1 is 1.32 bits per heavy atom. The second kappa shape index (κ2) is 5.51. The molecule has 1 heterocycles. The molecule has 5 nitrogen and oxygen atoms in total. The molecule has 0 aliphatic rings. The zero-order valence-corrected chi connectivity index (χ0v) is 13.2. The van der Waals surface area contributed by atoms with Crippen molar-refractivity contribution >= 4 is 38.3 Å². The van der Waals surface area contributed by atoms with Gasteiger partial charge in [-0.1, -0.05) is 6.07 Å². The van der Waals surface area contributed by atoms with Gasteiger partial charge in [-0.25, -0.2) is 13.6 Å². The van der Waals surface area contributed by atoms with E-state index >= 15 is 0 Å². The van der Waals surface area contributed by atoms with Crippen LogP contribution in [-0.2, 0) is 16.6 Å². The molecule has 1 aromatic heterocycles. The zero-order chi connectivity index (χ0) is 14.0. The van der Waals surface area contributed by atoms with Crippen LogP contribution < -0.4 is 10.5 Å². The van der Waals surface area contributed by atoms with Crippen molar-refractivity contribution in [2.75, 3.05) is 5.32 Å². The maximum atomic E-state index is 11.1. The average Bonchev–Trinajstić information content (AvgIpc) is 2.79. The third kappa shape index (κ3) is 3.71. The van der Waals surface area contributed by atoms with Gasteiger partial charge in [0.05, 0.1) is 6.54 Å². The van der Waals surface area contributed by atoms with E-state index in [0.717, 1.165) is 9.26 Å². The van der Waals surface area contributed by atoms with Gasteiger partial charge in [0.15, 0.2) is 0 Å². The molecule has 0 aliphatic carbocycles. The van der Waals surface area contributed by atoms with Gasteiger partial charge in [0.25, 0.3) is 10.0 Å². The number of hydrogen-bond acceptors (Lipinski definition) is 4. The zero-order valence-electron chi connectivity index (χ0n) is 10.2. The highest BCUT2D eigenvalue weighted by Crippen LogP contribution is 2.18. The van der Waals surface area contributed by atoms with Crippen LogP contribution in [0.4, 0.5) is 5.69 Å². The summed E-state index contributed by atoms with van der Waals surface area (Å²) < 4.78 is 28.4. The highest BCUT2D eigenvalue weighted by Gasteiger charge is 2.12. The summed E-state index contributed by atoms with van der Waals surface area (Å²) in [5, 5.41) is 7.91. The van der Waals surface area contributed by atoms with Crippen molar-refractivity contribution in [3.05, 3.63) is 45.2 Å². The number of hydrogen-bond donors (Lipinski definition) is 2. The van der Waals surface area contributed by atoms with Crippen LogP contribution in [0.5, 0.6) is 0 Å². The van der Waals surface area contributed by atoms with Crippen molar-refractivity contribution in [1.82, 2.24) is 0 Å². The monoisotopic (exact) mass is 392 g/mol. The fourth-order valence-corrected chi connectivity index (χ4v) is 2.49. The van der Waals surface area contributed by atoms with E-state index in [2.05, 4.69) is 27.9 Å². The molecule has 0 atom stereocenters. The number of halogens is 1. The molecule has 0 spiro atoms. The van der Waals surface area contributed by atoms with E-state index in [1.165, 1.54) is 11.6 Å². The first-order valence-electron chi connectivity index (χ1n) is 5.48. The fourth-order valence-electron chi connectivity index (χ4n) is 1.50. The molecule has 0 aliphatic heterocycles. The lowest BCUT2D eigenvalue weighted by atomic mass is 10.2. The van der Waals surface area contributed by atoms with Crippen molar-refractivity contribution in [2.45, 2.75) is 18.6 Å². The molecule has 0 amide bonds. The summed E-state index contributed by atoms with van der Waals surface area (Å²) in [6.07, 6.45) is 0. The standard InChI is InChI=1S/C12H13IN2O3S/c1-8-2-3-9(6-11(8)13)15-7-10-4-5-12(18-10)19(14,16)17/h2-6,15H,7H2,1H3,(H2,14,16,17). The lowest BCUT2D eigenvalue weighted by molar-refractivity contribution is 0.419. The van der Waals surface area contributed by atoms with Gasteiger partial charge in [-0.05, 0) is 59.3 Å². The predicted molar refractivity (Wildman–Crippen MR) is 81.3 cm³/mol. The smallest absolute Gasteiger partial charge is 0.271 e. The van der Waals surface area contributed by atoms with Crippen LogP contribution in [-0.4, -0.2) is 8.42 Å². The number of benzene rings is 1. The Morgan fingerprint density at radius 3 is 2.63 bits per heavy atom. The molecule has 0 radical (unpaired) electrons. The minimum absolute atomic E-state index is 0.220. The number of sulfonamides is 1. The lowest BCUT2D eigenvalue weighted by Crippen LogP contribution is -2.10. The lowest BCUT2D eigenvalue weighted by Gasteiger charge is -2.06. The average molecular weight is 392 g/mol. The van der Waals surface area contributed by atoms with Crippen molar-refractivity contribution in [1.29, 1.82) is 0 Å². The number of furan rings is 1. The summed E-state index contributed by atoms with van der Waals surface area (Å²) in [5.74, 6) is 0.514. The Labute approximate surface area is 125 Å². The molecule has 0 unspecified atom stereocenters. The van der Waals surface area contributed by atoms with E-state index in [1.807, 2.05) is 25.1 Å². The van der Waals surface area contributed by atoms with Crippen molar-refractivity contribution < 1.29 is 12.8 Å². The maximum Gasteiger partial charge on any atom is 0.271 e. The summed E-state index contributed by atoms with van der Waals surface area (Å²) in [4.78, 5) is 0. The molecule has 7 heteroatoms. The summed E-state index contributed by atoms with van der Waals surface area (Å²) in [6, 6.07) is 8.93. The van der Waals surface area contributed by atoms with Gasteiger partial charge < -0.3 is 9.73 Å². The first kappa shape index (κ1) is 14.4. The molecule has 1 aromatic carbocycles. The molecule has 2 aromatic rings. The number of nitrogens with one attached hydrogen (secondary N) is 1. The summed E-state index contributed by atoms with van der Waals surface area (Å²) in [6.45, 7) is 2.44. The molecular formula is C12H13IN2O3S. The van der Waals surface area contributed by atoms with Gasteiger partial charge >= 0.3 is 0 Å². The van der Waals surface area contributed by atoms with Crippen LogP contribution in [0.15, 0.2) is 39.8 Å². The highest BCUT2D eigenvalue weighted by molar-refractivity contribution is 14.1. The molecule has 19 heavy (non-hydrogen) atoms. The van der Waals surface area contributed by atoms with Gasteiger partial charge in [0.1, 0.15) is 5.76 Å². The maximum absolute atomic E-state index is 11.1. The largest absolute Gasteiger partial charge is 0.446 e. The first-order valence-corrected chi connectivity index (χ1v) is 8.10. The van der Waals surface area contributed by atoms with Crippen LogP contribution in [0.3, 0.4) is 0 Å². The second-order valence-electron chi connectivity index (χ2n) is 4.08. The van der Waals surface area contributed by atoms with Crippen LogP contribution in [0.1, 0.15) is 11.3 Å². The van der Waals surface area contributed by atoms with E-state index in [9.17, 15) is 8.42 Å². The van der Waals surface area contributed by atoms with Gasteiger partial charge in [-0.3, -0.25) is 0 Å².